The number of rotatable bonds is 3. The standard InChI is InChI=1S/C15H19N5O/c1-10-5-6-13(11(2)7-10)17-15(21)18-16-8-14-12(3)9-20(4)19-14/h5-9H,1-4H3,(H2,17,18,21)/b16-8+. The lowest BCUT2D eigenvalue weighted by molar-refractivity contribution is 0.252. The van der Waals surface area contributed by atoms with E-state index in [9.17, 15) is 4.79 Å². The number of nitrogens with one attached hydrogen (secondary N) is 2. The Morgan fingerprint density at radius 2 is 2.05 bits per heavy atom. The lowest BCUT2D eigenvalue weighted by Gasteiger charge is -2.08. The van der Waals surface area contributed by atoms with Gasteiger partial charge in [-0.15, -0.1) is 0 Å². The van der Waals surface area contributed by atoms with E-state index in [-0.39, 0.29) is 6.03 Å². The van der Waals surface area contributed by atoms with Gasteiger partial charge in [0.2, 0.25) is 0 Å². The fourth-order valence-electron chi connectivity index (χ4n) is 2.01. The molecule has 0 aliphatic heterocycles. The highest BCUT2D eigenvalue weighted by Crippen LogP contribution is 2.15. The van der Waals surface area contributed by atoms with Crippen molar-refractivity contribution in [2.75, 3.05) is 5.32 Å². The molecule has 0 bridgehead atoms. The molecule has 110 valence electrons. The number of anilines is 1. The minimum Gasteiger partial charge on any atom is -0.306 e. The van der Waals surface area contributed by atoms with Crippen LogP contribution in [0.4, 0.5) is 10.5 Å². The summed E-state index contributed by atoms with van der Waals surface area (Å²) in [5, 5.41) is 10.9. The molecule has 2 aromatic rings. The maximum absolute atomic E-state index is 11.8. The number of hydrazone groups is 1. The summed E-state index contributed by atoms with van der Waals surface area (Å²) in [5.41, 5.74) is 7.08. The first-order valence-corrected chi connectivity index (χ1v) is 6.63. The summed E-state index contributed by atoms with van der Waals surface area (Å²) in [4.78, 5) is 11.8. The molecule has 6 heteroatoms. The van der Waals surface area contributed by atoms with Gasteiger partial charge < -0.3 is 5.32 Å². The van der Waals surface area contributed by atoms with Crippen LogP contribution in [0.25, 0.3) is 0 Å². The molecule has 0 aliphatic carbocycles. The van der Waals surface area contributed by atoms with Crippen LogP contribution in [0.3, 0.4) is 0 Å². The van der Waals surface area contributed by atoms with Gasteiger partial charge in [-0.25, -0.2) is 10.2 Å². The summed E-state index contributed by atoms with van der Waals surface area (Å²) in [6.07, 6.45) is 3.41. The van der Waals surface area contributed by atoms with Crippen molar-refractivity contribution < 1.29 is 4.79 Å². The predicted octanol–water partition coefficient (Wildman–Crippen LogP) is 2.50. The molecule has 0 spiro atoms. The average Bonchev–Trinajstić information content (AvgIpc) is 2.71. The molecule has 1 aromatic heterocycles. The van der Waals surface area contributed by atoms with Crippen LogP contribution in [-0.4, -0.2) is 22.0 Å². The minimum absolute atomic E-state index is 0.383. The molecule has 0 saturated heterocycles. The van der Waals surface area contributed by atoms with Crippen molar-refractivity contribution in [2.24, 2.45) is 12.1 Å². The first-order chi connectivity index (χ1) is 9.95. The molecule has 0 unspecified atom stereocenters. The third-order valence-corrected chi connectivity index (χ3v) is 3.03. The monoisotopic (exact) mass is 285 g/mol. The fraction of sp³-hybridized carbons (Fsp3) is 0.267. The average molecular weight is 285 g/mol. The Labute approximate surface area is 123 Å². The second-order valence-corrected chi connectivity index (χ2v) is 5.01. The third kappa shape index (κ3) is 3.92. The summed E-state index contributed by atoms with van der Waals surface area (Å²) in [5.74, 6) is 0. The van der Waals surface area contributed by atoms with Crippen LogP contribution in [0.2, 0.25) is 0 Å². The zero-order chi connectivity index (χ0) is 15.4. The zero-order valence-corrected chi connectivity index (χ0v) is 12.6. The Bertz CT molecular complexity index is 687. The minimum atomic E-state index is -0.383. The second kappa shape index (κ2) is 6.21. The number of amides is 2. The molecule has 0 aliphatic rings. The van der Waals surface area contributed by atoms with E-state index in [0.717, 1.165) is 28.1 Å². The van der Waals surface area contributed by atoms with Crippen molar-refractivity contribution in [3.63, 3.8) is 0 Å². The highest BCUT2D eigenvalue weighted by atomic mass is 16.2. The smallest absolute Gasteiger partial charge is 0.306 e. The number of hydrogen-bond donors (Lipinski definition) is 2. The molecular formula is C15H19N5O. The van der Waals surface area contributed by atoms with Gasteiger partial charge in [0.25, 0.3) is 0 Å². The van der Waals surface area contributed by atoms with Crippen LogP contribution >= 0.6 is 0 Å². The third-order valence-electron chi connectivity index (χ3n) is 3.03. The number of benzene rings is 1. The van der Waals surface area contributed by atoms with Gasteiger partial charge in [-0.2, -0.15) is 10.2 Å². The number of aromatic nitrogens is 2. The van der Waals surface area contributed by atoms with Gasteiger partial charge in [0.1, 0.15) is 5.69 Å². The zero-order valence-electron chi connectivity index (χ0n) is 12.6. The van der Waals surface area contributed by atoms with Crippen molar-refractivity contribution in [2.45, 2.75) is 20.8 Å². The lowest BCUT2D eigenvalue weighted by atomic mass is 10.1. The summed E-state index contributed by atoms with van der Waals surface area (Å²) in [6, 6.07) is 5.45. The van der Waals surface area contributed by atoms with Crippen LogP contribution in [0.1, 0.15) is 22.4 Å². The van der Waals surface area contributed by atoms with Gasteiger partial charge in [0.15, 0.2) is 0 Å². The highest BCUT2D eigenvalue weighted by molar-refractivity contribution is 5.91. The maximum Gasteiger partial charge on any atom is 0.339 e. The van der Waals surface area contributed by atoms with E-state index in [1.54, 1.807) is 4.68 Å². The number of carbonyl (C=O) groups is 1. The SMILES string of the molecule is Cc1ccc(NC(=O)N/N=C/c2nn(C)cc2C)c(C)c1. The normalized spacial score (nSPS) is 10.9. The lowest BCUT2D eigenvalue weighted by Crippen LogP contribution is -2.24. The van der Waals surface area contributed by atoms with Gasteiger partial charge in [-0.05, 0) is 38.0 Å². The Hall–Kier alpha value is -2.63. The fourth-order valence-corrected chi connectivity index (χ4v) is 2.01. The van der Waals surface area contributed by atoms with Crippen molar-refractivity contribution in [3.8, 4) is 0 Å². The molecule has 1 heterocycles. The second-order valence-electron chi connectivity index (χ2n) is 5.01. The molecule has 0 atom stereocenters. The first kappa shape index (κ1) is 14.8. The van der Waals surface area contributed by atoms with Crippen molar-refractivity contribution in [3.05, 3.63) is 46.8 Å². The molecular weight excluding hydrogens is 266 g/mol. The number of hydrogen-bond acceptors (Lipinski definition) is 3. The van der Waals surface area contributed by atoms with E-state index in [2.05, 4.69) is 20.9 Å². The van der Waals surface area contributed by atoms with Crippen LogP contribution in [0.5, 0.6) is 0 Å². The van der Waals surface area contributed by atoms with E-state index in [1.165, 1.54) is 6.21 Å². The maximum atomic E-state index is 11.8. The number of nitrogens with zero attached hydrogens (tertiary/aromatic N) is 3. The van der Waals surface area contributed by atoms with E-state index < -0.39 is 0 Å². The predicted molar refractivity (Wildman–Crippen MR) is 83.6 cm³/mol. The molecule has 1 aromatic carbocycles. The molecule has 21 heavy (non-hydrogen) atoms. The molecule has 0 fully saturated rings. The molecule has 2 amide bonds. The quantitative estimate of drug-likeness (QED) is 0.672. The van der Waals surface area contributed by atoms with E-state index in [1.807, 2.05) is 52.2 Å². The van der Waals surface area contributed by atoms with Crippen molar-refractivity contribution in [1.82, 2.24) is 15.2 Å². The van der Waals surface area contributed by atoms with E-state index in [0.29, 0.717) is 0 Å². The summed E-state index contributed by atoms with van der Waals surface area (Å²) >= 11 is 0. The van der Waals surface area contributed by atoms with Crippen LogP contribution in [-0.2, 0) is 7.05 Å². The number of carbonyl (C=O) groups excluding carboxylic acids is 1. The van der Waals surface area contributed by atoms with Gasteiger partial charge >= 0.3 is 6.03 Å². The highest BCUT2D eigenvalue weighted by Gasteiger charge is 2.04. The van der Waals surface area contributed by atoms with E-state index >= 15 is 0 Å². The Kier molecular flexibility index (Phi) is 4.37. The van der Waals surface area contributed by atoms with Crippen molar-refractivity contribution >= 4 is 17.9 Å². The van der Waals surface area contributed by atoms with Crippen LogP contribution in [0, 0.1) is 20.8 Å². The summed E-state index contributed by atoms with van der Waals surface area (Å²) < 4.78 is 1.70. The molecule has 0 saturated carbocycles. The Balaban J connectivity index is 1.94. The molecule has 6 nitrogen and oxygen atoms in total. The van der Waals surface area contributed by atoms with Gasteiger partial charge in [-0.3, -0.25) is 4.68 Å². The summed E-state index contributed by atoms with van der Waals surface area (Å²) in [6.45, 7) is 5.89. The van der Waals surface area contributed by atoms with Gasteiger partial charge in [0, 0.05) is 18.9 Å². The van der Waals surface area contributed by atoms with Crippen LogP contribution in [0.15, 0.2) is 29.5 Å². The Morgan fingerprint density at radius 1 is 1.29 bits per heavy atom. The Morgan fingerprint density at radius 3 is 2.67 bits per heavy atom. The first-order valence-electron chi connectivity index (χ1n) is 6.63. The largest absolute Gasteiger partial charge is 0.339 e. The summed E-state index contributed by atoms with van der Waals surface area (Å²) in [7, 11) is 1.84. The van der Waals surface area contributed by atoms with Gasteiger partial charge in [0.05, 0.1) is 6.21 Å². The number of aryl methyl sites for hydroxylation is 4. The molecule has 0 radical (unpaired) electrons. The molecule has 2 N–H and O–H groups in total. The topological polar surface area (TPSA) is 71.3 Å². The molecule has 2 rings (SSSR count). The van der Waals surface area contributed by atoms with Gasteiger partial charge in [-0.1, -0.05) is 17.7 Å². The van der Waals surface area contributed by atoms with Crippen LogP contribution < -0.4 is 10.7 Å². The van der Waals surface area contributed by atoms with E-state index in [4.69, 9.17) is 0 Å². The number of urea groups is 1. The van der Waals surface area contributed by atoms with Crippen molar-refractivity contribution in [1.29, 1.82) is 0 Å².